The van der Waals surface area contributed by atoms with Gasteiger partial charge in [-0.2, -0.15) is 0 Å². The zero-order valence-electron chi connectivity index (χ0n) is 16.5. The molecule has 3 rings (SSSR count). The number of amides is 2. The van der Waals surface area contributed by atoms with Crippen LogP contribution in [-0.2, 0) is 16.0 Å². The third kappa shape index (κ3) is 6.66. The van der Waals surface area contributed by atoms with Crippen molar-refractivity contribution in [1.82, 2.24) is 10.6 Å². The minimum Gasteiger partial charge on any atom is -0.480 e. The minimum atomic E-state index is -1.19. The fourth-order valence-corrected chi connectivity index (χ4v) is 3.36. The number of carbonyl (C=O) groups is 3. The normalized spacial score (nSPS) is 12.1. The topological polar surface area (TPSA) is 109 Å². The molecule has 1 aromatic heterocycles. The SMILES string of the molecule is O=C(N[C@@H](Cc1ccccc1)C(=O)O)/C(=C/c1ccc(Br)cc1)NC(=O)c1ccc(Br)o1. The fourth-order valence-electron chi connectivity index (χ4n) is 2.79. The molecule has 3 N–H and O–H groups in total. The number of hydrogen-bond donors (Lipinski definition) is 3. The Bertz CT molecular complexity index is 1140. The number of hydrogen-bond acceptors (Lipinski definition) is 4. The summed E-state index contributed by atoms with van der Waals surface area (Å²) >= 11 is 6.47. The van der Waals surface area contributed by atoms with Crippen LogP contribution in [0.3, 0.4) is 0 Å². The molecule has 9 heteroatoms. The first-order valence-corrected chi connectivity index (χ1v) is 11.0. The molecular formula is C23H18Br2N2O5. The second kappa shape index (κ2) is 10.9. The molecule has 0 radical (unpaired) electrons. The van der Waals surface area contributed by atoms with Crippen molar-refractivity contribution < 1.29 is 23.9 Å². The lowest BCUT2D eigenvalue weighted by atomic mass is 10.1. The Morgan fingerprint density at radius 3 is 2.25 bits per heavy atom. The molecule has 1 atom stereocenters. The Morgan fingerprint density at radius 2 is 1.66 bits per heavy atom. The molecule has 32 heavy (non-hydrogen) atoms. The van der Waals surface area contributed by atoms with Gasteiger partial charge in [-0.15, -0.1) is 0 Å². The van der Waals surface area contributed by atoms with E-state index in [4.69, 9.17) is 4.42 Å². The number of carbonyl (C=O) groups excluding carboxylic acids is 2. The van der Waals surface area contributed by atoms with Crippen LogP contribution in [0.25, 0.3) is 6.08 Å². The van der Waals surface area contributed by atoms with E-state index in [2.05, 4.69) is 42.5 Å². The van der Waals surface area contributed by atoms with Gasteiger partial charge in [0.15, 0.2) is 10.4 Å². The largest absolute Gasteiger partial charge is 0.480 e. The van der Waals surface area contributed by atoms with E-state index in [9.17, 15) is 19.5 Å². The molecule has 0 saturated heterocycles. The van der Waals surface area contributed by atoms with E-state index in [1.165, 1.54) is 12.1 Å². The van der Waals surface area contributed by atoms with Crippen LogP contribution in [0, 0.1) is 0 Å². The first-order chi connectivity index (χ1) is 15.3. The van der Waals surface area contributed by atoms with E-state index in [0.717, 1.165) is 10.0 Å². The summed E-state index contributed by atoms with van der Waals surface area (Å²) in [5.41, 5.74) is 1.27. The van der Waals surface area contributed by atoms with Crippen LogP contribution in [0.1, 0.15) is 21.7 Å². The second-order valence-corrected chi connectivity index (χ2v) is 8.42. The maximum absolute atomic E-state index is 13.0. The zero-order valence-corrected chi connectivity index (χ0v) is 19.7. The first kappa shape index (κ1) is 23.5. The van der Waals surface area contributed by atoms with E-state index < -0.39 is 23.8 Å². The van der Waals surface area contributed by atoms with Crippen LogP contribution in [0.4, 0.5) is 0 Å². The average Bonchev–Trinajstić information content (AvgIpc) is 3.21. The number of carboxylic acid groups (broad SMARTS) is 1. The number of nitrogens with one attached hydrogen (secondary N) is 2. The van der Waals surface area contributed by atoms with Gasteiger partial charge in [-0.05, 0) is 57.4 Å². The lowest BCUT2D eigenvalue weighted by Crippen LogP contribution is -2.45. The number of aliphatic carboxylic acids is 1. The molecule has 1 heterocycles. The predicted molar refractivity (Wildman–Crippen MR) is 126 cm³/mol. The smallest absolute Gasteiger partial charge is 0.326 e. The van der Waals surface area contributed by atoms with Gasteiger partial charge in [-0.25, -0.2) is 4.79 Å². The Labute approximate surface area is 200 Å². The Kier molecular flexibility index (Phi) is 8.02. The zero-order chi connectivity index (χ0) is 23.1. The standard InChI is InChI=1S/C23H18Br2N2O5/c24-16-8-6-15(7-9-16)12-17(26-22(29)19-10-11-20(25)32-19)21(28)27-18(23(30)31)13-14-4-2-1-3-5-14/h1-12,18H,13H2,(H,26,29)(H,27,28)(H,30,31)/b17-12-/t18-/m0/s1. The van der Waals surface area contributed by atoms with Crippen LogP contribution < -0.4 is 10.6 Å². The highest BCUT2D eigenvalue weighted by molar-refractivity contribution is 9.10. The van der Waals surface area contributed by atoms with Crippen molar-refractivity contribution in [3.05, 3.63) is 98.5 Å². The number of rotatable bonds is 8. The van der Waals surface area contributed by atoms with Gasteiger partial charge in [-0.1, -0.05) is 58.4 Å². The molecule has 0 aliphatic heterocycles. The van der Waals surface area contributed by atoms with Crippen molar-refractivity contribution in [3.63, 3.8) is 0 Å². The van der Waals surface area contributed by atoms with Crippen molar-refractivity contribution >= 4 is 55.7 Å². The summed E-state index contributed by atoms with van der Waals surface area (Å²) in [5.74, 6) is -2.59. The number of furan rings is 1. The molecule has 7 nitrogen and oxygen atoms in total. The van der Waals surface area contributed by atoms with E-state index >= 15 is 0 Å². The van der Waals surface area contributed by atoms with Gasteiger partial charge in [0.25, 0.3) is 11.8 Å². The monoisotopic (exact) mass is 560 g/mol. The molecule has 0 aliphatic rings. The van der Waals surface area contributed by atoms with Crippen molar-refractivity contribution in [1.29, 1.82) is 0 Å². The van der Waals surface area contributed by atoms with E-state index in [-0.39, 0.29) is 17.9 Å². The summed E-state index contributed by atoms with van der Waals surface area (Å²) in [6, 6.07) is 17.8. The van der Waals surface area contributed by atoms with E-state index in [0.29, 0.717) is 10.2 Å². The highest BCUT2D eigenvalue weighted by Crippen LogP contribution is 2.16. The van der Waals surface area contributed by atoms with Crippen molar-refractivity contribution in [3.8, 4) is 0 Å². The van der Waals surface area contributed by atoms with Crippen LogP contribution in [0.2, 0.25) is 0 Å². The summed E-state index contributed by atoms with van der Waals surface area (Å²) < 4.78 is 6.44. The highest BCUT2D eigenvalue weighted by Gasteiger charge is 2.24. The third-order valence-corrected chi connectivity index (χ3v) is 5.31. The molecule has 2 amide bonds. The Morgan fingerprint density at radius 1 is 0.969 bits per heavy atom. The van der Waals surface area contributed by atoms with Gasteiger partial charge >= 0.3 is 5.97 Å². The molecule has 0 fully saturated rings. The van der Waals surface area contributed by atoms with Gasteiger partial charge < -0.3 is 20.2 Å². The molecule has 0 saturated carbocycles. The molecular weight excluding hydrogens is 544 g/mol. The lowest BCUT2D eigenvalue weighted by molar-refractivity contribution is -0.141. The second-order valence-electron chi connectivity index (χ2n) is 6.72. The molecule has 0 aliphatic carbocycles. The summed E-state index contributed by atoms with van der Waals surface area (Å²) in [5, 5.41) is 14.6. The third-order valence-electron chi connectivity index (χ3n) is 4.36. The van der Waals surface area contributed by atoms with Crippen LogP contribution in [-0.4, -0.2) is 28.9 Å². The molecule has 2 aromatic carbocycles. The Balaban J connectivity index is 1.85. The van der Waals surface area contributed by atoms with Crippen LogP contribution in [0.5, 0.6) is 0 Å². The maximum atomic E-state index is 13.0. The van der Waals surface area contributed by atoms with Gasteiger partial charge in [-0.3, -0.25) is 9.59 Å². The Hall–Kier alpha value is -3.17. The molecule has 164 valence electrons. The number of benzene rings is 2. The van der Waals surface area contributed by atoms with E-state index in [1.54, 1.807) is 54.6 Å². The van der Waals surface area contributed by atoms with Gasteiger partial charge in [0, 0.05) is 10.9 Å². The number of carboxylic acids is 1. The van der Waals surface area contributed by atoms with Gasteiger partial charge in [0.2, 0.25) is 0 Å². The van der Waals surface area contributed by atoms with Gasteiger partial charge in [0.1, 0.15) is 11.7 Å². The predicted octanol–water partition coefficient (Wildman–Crippen LogP) is 4.39. The maximum Gasteiger partial charge on any atom is 0.326 e. The molecule has 0 unspecified atom stereocenters. The van der Waals surface area contributed by atoms with E-state index in [1.807, 2.05) is 6.07 Å². The van der Waals surface area contributed by atoms with Crippen molar-refractivity contribution in [2.24, 2.45) is 0 Å². The van der Waals surface area contributed by atoms with Crippen molar-refractivity contribution in [2.75, 3.05) is 0 Å². The molecule has 0 spiro atoms. The average molecular weight is 562 g/mol. The lowest BCUT2D eigenvalue weighted by Gasteiger charge is -2.16. The summed E-state index contributed by atoms with van der Waals surface area (Å²) in [4.78, 5) is 37.3. The van der Waals surface area contributed by atoms with Gasteiger partial charge in [0.05, 0.1) is 0 Å². The fraction of sp³-hybridized carbons (Fsp3) is 0.0870. The summed E-state index contributed by atoms with van der Waals surface area (Å²) in [7, 11) is 0. The van der Waals surface area contributed by atoms with Crippen molar-refractivity contribution in [2.45, 2.75) is 12.5 Å². The molecule has 3 aromatic rings. The highest BCUT2D eigenvalue weighted by atomic mass is 79.9. The first-order valence-electron chi connectivity index (χ1n) is 9.43. The summed E-state index contributed by atoms with van der Waals surface area (Å²) in [6.45, 7) is 0. The summed E-state index contributed by atoms with van der Waals surface area (Å²) in [6.07, 6.45) is 1.55. The quantitative estimate of drug-likeness (QED) is 0.353. The van der Waals surface area contributed by atoms with Crippen LogP contribution in [0.15, 0.2) is 86.0 Å². The minimum absolute atomic E-state index is 0.00884. The number of halogens is 2. The van der Waals surface area contributed by atoms with Crippen LogP contribution >= 0.6 is 31.9 Å². The molecule has 0 bridgehead atoms.